The Hall–Kier alpha value is -1.68. The van der Waals surface area contributed by atoms with Gasteiger partial charge in [-0.1, -0.05) is 20.8 Å². The fourth-order valence-electron chi connectivity index (χ4n) is 1.81. The molecular formula is C18H34NO10P. The molecule has 0 aliphatic heterocycles. The monoisotopic (exact) mass is 455 g/mol. The molecule has 12 heteroatoms. The fraction of sp³-hybridized carbons (Fsp3) is 0.833. The molecule has 0 heterocycles. The van der Waals surface area contributed by atoms with Gasteiger partial charge in [0.05, 0.1) is 13.2 Å². The van der Waals surface area contributed by atoms with E-state index in [4.69, 9.17) is 23.3 Å². The quantitative estimate of drug-likeness (QED) is 0.184. The highest BCUT2D eigenvalue weighted by Crippen LogP contribution is 2.43. The number of carbonyl (C=O) groups excluding carboxylic acids is 3. The van der Waals surface area contributed by atoms with Crippen LogP contribution in [0.25, 0.3) is 0 Å². The van der Waals surface area contributed by atoms with Gasteiger partial charge in [-0.15, -0.1) is 0 Å². The molecule has 0 saturated heterocycles. The summed E-state index contributed by atoms with van der Waals surface area (Å²) in [5.74, 6) is -1.03. The van der Waals surface area contributed by atoms with E-state index in [1.165, 1.54) is 0 Å². The molecule has 0 bridgehead atoms. The van der Waals surface area contributed by atoms with Gasteiger partial charge < -0.3 is 24.4 Å². The summed E-state index contributed by atoms with van der Waals surface area (Å²) < 4.78 is 36.6. The van der Waals surface area contributed by atoms with Crippen LogP contribution in [0.4, 0.5) is 4.79 Å². The van der Waals surface area contributed by atoms with E-state index < -0.39 is 44.2 Å². The fourth-order valence-corrected chi connectivity index (χ4v) is 2.57. The molecule has 0 aliphatic rings. The number of hydrogen-bond donors (Lipinski definition) is 2. The first-order chi connectivity index (χ1) is 13.7. The van der Waals surface area contributed by atoms with Crippen LogP contribution >= 0.6 is 7.82 Å². The van der Waals surface area contributed by atoms with Crippen LogP contribution < -0.4 is 5.32 Å². The first-order valence-corrected chi connectivity index (χ1v) is 11.2. The largest absolute Gasteiger partial charge is 0.472 e. The topological polar surface area (TPSA) is 147 Å². The molecule has 0 radical (unpaired) electrons. The molecular weight excluding hydrogens is 421 g/mol. The van der Waals surface area contributed by atoms with Gasteiger partial charge in [-0.05, 0) is 26.7 Å². The molecule has 30 heavy (non-hydrogen) atoms. The zero-order chi connectivity index (χ0) is 23.4. The summed E-state index contributed by atoms with van der Waals surface area (Å²) in [5.41, 5.74) is -0.677. The Kier molecular flexibility index (Phi) is 12.8. The molecule has 1 amide bonds. The van der Waals surface area contributed by atoms with E-state index in [-0.39, 0.29) is 38.5 Å². The Morgan fingerprint density at radius 1 is 1.07 bits per heavy atom. The maximum absolute atomic E-state index is 12.0. The number of hydrogen-bond acceptors (Lipinski definition) is 9. The van der Waals surface area contributed by atoms with E-state index in [2.05, 4.69) is 5.32 Å². The number of ether oxygens (including phenoxy) is 3. The second-order valence-corrected chi connectivity index (χ2v) is 9.23. The minimum absolute atomic E-state index is 0.0435. The van der Waals surface area contributed by atoms with Gasteiger partial charge >= 0.3 is 25.9 Å². The number of phosphoric ester groups is 1. The molecule has 11 nitrogen and oxygen atoms in total. The lowest BCUT2D eigenvalue weighted by molar-refractivity contribution is -0.161. The number of amides is 1. The predicted octanol–water partition coefficient (Wildman–Crippen LogP) is 2.56. The summed E-state index contributed by atoms with van der Waals surface area (Å²) in [6, 6.07) is 0. The molecule has 0 aromatic carbocycles. The first kappa shape index (κ1) is 28.3. The Morgan fingerprint density at radius 3 is 2.23 bits per heavy atom. The van der Waals surface area contributed by atoms with Crippen molar-refractivity contribution in [1.29, 1.82) is 0 Å². The zero-order valence-corrected chi connectivity index (χ0v) is 19.4. The van der Waals surface area contributed by atoms with Crippen molar-refractivity contribution in [2.24, 2.45) is 5.92 Å². The number of carbonyl (C=O) groups is 3. The van der Waals surface area contributed by atoms with Crippen LogP contribution in [0.15, 0.2) is 0 Å². The average Bonchev–Trinajstić information content (AvgIpc) is 2.58. The molecule has 0 aromatic heterocycles. The molecule has 2 unspecified atom stereocenters. The van der Waals surface area contributed by atoms with Crippen LogP contribution in [-0.4, -0.2) is 61.0 Å². The third-order valence-corrected chi connectivity index (χ3v) is 4.02. The van der Waals surface area contributed by atoms with Crippen molar-refractivity contribution in [1.82, 2.24) is 5.32 Å². The normalized spacial score (nSPS) is 14.5. The van der Waals surface area contributed by atoms with Crippen LogP contribution in [0.2, 0.25) is 0 Å². The Labute approximate surface area is 177 Å². The molecule has 2 N–H and O–H groups in total. The van der Waals surface area contributed by atoms with Crippen molar-refractivity contribution >= 4 is 25.9 Å². The molecule has 2 atom stereocenters. The van der Waals surface area contributed by atoms with Crippen LogP contribution in [-0.2, 0) is 37.4 Å². The highest BCUT2D eigenvalue weighted by molar-refractivity contribution is 7.47. The summed E-state index contributed by atoms with van der Waals surface area (Å²) in [5, 5.41) is 2.36. The van der Waals surface area contributed by atoms with Crippen LogP contribution in [0.1, 0.15) is 54.4 Å². The summed E-state index contributed by atoms with van der Waals surface area (Å²) in [4.78, 5) is 44.4. The van der Waals surface area contributed by atoms with Gasteiger partial charge in [0.2, 0.25) is 0 Å². The molecule has 176 valence electrons. The number of nitrogens with one attached hydrogen (secondary N) is 1. The third kappa shape index (κ3) is 16.2. The van der Waals surface area contributed by atoms with Crippen LogP contribution in [0.3, 0.4) is 0 Å². The van der Waals surface area contributed by atoms with Gasteiger partial charge in [0.1, 0.15) is 12.2 Å². The molecule has 0 saturated carbocycles. The van der Waals surface area contributed by atoms with Gasteiger partial charge in [-0.2, -0.15) is 0 Å². The van der Waals surface area contributed by atoms with E-state index in [0.717, 1.165) is 0 Å². The van der Waals surface area contributed by atoms with Crippen molar-refractivity contribution in [3.05, 3.63) is 0 Å². The van der Waals surface area contributed by atoms with Gasteiger partial charge in [0, 0.05) is 19.4 Å². The third-order valence-electron chi connectivity index (χ3n) is 3.04. The maximum atomic E-state index is 12.0. The van der Waals surface area contributed by atoms with E-state index in [9.17, 15) is 23.8 Å². The maximum Gasteiger partial charge on any atom is 0.472 e. The van der Waals surface area contributed by atoms with Gasteiger partial charge in [0.15, 0.2) is 6.10 Å². The summed E-state index contributed by atoms with van der Waals surface area (Å²) in [7, 11) is -4.50. The van der Waals surface area contributed by atoms with Crippen molar-refractivity contribution in [2.75, 3.05) is 26.4 Å². The summed E-state index contributed by atoms with van der Waals surface area (Å²) in [6.07, 6.45) is -1.52. The summed E-state index contributed by atoms with van der Waals surface area (Å²) in [6.45, 7) is 9.07. The van der Waals surface area contributed by atoms with Crippen molar-refractivity contribution in [3.63, 3.8) is 0 Å². The lowest BCUT2D eigenvalue weighted by Gasteiger charge is -2.21. The number of alkyl carbamates (subject to hydrolysis) is 1. The Bertz CT molecular complexity index is 602. The second kappa shape index (κ2) is 13.6. The number of phosphoric acid groups is 1. The minimum atomic E-state index is -4.50. The van der Waals surface area contributed by atoms with Crippen LogP contribution in [0, 0.1) is 5.92 Å². The van der Waals surface area contributed by atoms with Gasteiger partial charge in [0.25, 0.3) is 0 Å². The smallest absolute Gasteiger partial charge is 0.462 e. The van der Waals surface area contributed by atoms with Crippen molar-refractivity contribution in [2.45, 2.75) is 66.1 Å². The Balaban J connectivity index is 4.51. The van der Waals surface area contributed by atoms with E-state index in [0.29, 0.717) is 0 Å². The SMILES string of the molecule is CCC(=O)OCC(COP(=O)(O)OCCNC(=O)OC(C)(C)C)OC(=O)CC(C)C. The highest BCUT2D eigenvalue weighted by Gasteiger charge is 2.26. The first-order valence-electron chi connectivity index (χ1n) is 9.68. The van der Waals surface area contributed by atoms with Crippen molar-refractivity contribution < 1.29 is 47.1 Å². The summed E-state index contributed by atoms with van der Waals surface area (Å²) >= 11 is 0. The predicted molar refractivity (Wildman–Crippen MR) is 107 cm³/mol. The zero-order valence-electron chi connectivity index (χ0n) is 18.5. The molecule has 0 spiro atoms. The van der Waals surface area contributed by atoms with Gasteiger partial charge in [-0.3, -0.25) is 18.6 Å². The number of esters is 2. The molecule has 0 aromatic rings. The Morgan fingerprint density at radius 2 is 1.70 bits per heavy atom. The van der Waals surface area contributed by atoms with E-state index in [1.807, 2.05) is 13.8 Å². The average molecular weight is 455 g/mol. The van der Waals surface area contributed by atoms with E-state index >= 15 is 0 Å². The number of rotatable bonds is 13. The van der Waals surface area contributed by atoms with Crippen molar-refractivity contribution in [3.8, 4) is 0 Å². The molecule has 0 fully saturated rings. The van der Waals surface area contributed by atoms with E-state index in [1.54, 1.807) is 27.7 Å². The van der Waals surface area contributed by atoms with Crippen LogP contribution in [0.5, 0.6) is 0 Å². The molecule has 0 aliphatic carbocycles. The standard InChI is InChI=1S/C18H34NO10P/c1-7-15(20)25-11-14(28-16(21)10-13(2)3)12-27-30(23,24)26-9-8-19-17(22)29-18(4,5)6/h13-14H,7-12H2,1-6H3,(H,19,22)(H,23,24). The lowest BCUT2D eigenvalue weighted by atomic mass is 10.1. The van der Waals surface area contributed by atoms with Gasteiger partial charge in [-0.25, -0.2) is 9.36 Å². The minimum Gasteiger partial charge on any atom is -0.462 e. The highest BCUT2D eigenvalue weighted by atomic mass is 31.2. The lowest BCUT2D eigenvalue weighted by Crippen LogP contribution is -2.34. The second-order valence-electron chi connectivity index (χ2n) is 7.77. The molecule has 0 rings (SSSR count).